The van der Waals surface area contributed by atoms with Crippen molar-refractivity contribution in [1.82, 2.24) is 9.62 Å². The van der Waals surface area contributed by atoms with E-state index in [0.29, 0.717) is 25.1 Å². The van der Waals surface area contributed by atoms with E-state index in [1.165, 1.54) is 4.31 Å². The van der Waals surface area contributed by atoms with Crippen LogP contribution in [0.15, 0.2) is 22.7 Å². The number of rotatable bonds is 7. The van der Waals surface area contributed by atoms with Crippen molar-refractivity contribution in [3.05, 3.63) is 28.2 Å². The lowest BCUT2D eigenvalue weighted by Gasteiger charge is -2.33. The largest absolute Gasteiger partial charge is 0.346 e. The first-order valence-corrected chi connectivity index (χ1v) is 11.5. The van der Waals surface area contributed by atoms with Crippen LogP contribution < -0.4 is 10.6 Å². The van der Waals surface area contributed by atoms with Crippen LogP contribution in [0.2, 0.25) is 0 Å². The van der Waals surface area contributed by atoms with E-state index in [1.807, 2.05) is 19.1 Å². The lowest BCUT2D eigenvalue weighted by Crippen LogP contribution is -2.53. The predicted octanol–water partition coefficient (Wildman–Crippen LogP) is 2.41. The van der Waals surface area contributed by atoms with Gasteiger partial charge in [-0.1, -0.05) is 29.3 Å². The van der Waals surface area contributed by atoms with Crippen LogP contribution in [-0.2, 0) is 19.6 Å². The van der Waals surface area contributed by atoms with E-state index in [4.69, 9.17) is 0 Å². The molecule has 1 saturated heterocycles. The minimum absolute atomic E-state index is 0.0279. The Balaban J connectivity index is 1.95. The highest BCUT2D eigenvalue weighted by molar-refractivity contribution is 9.10. The van der Waals surface area contributed by atoms with Crippen molar-refractivity contribution in [3.63, 3.8) is 0 Å². The van der Waals surface area contributed by atoms with Gasteiger partial charge in [0, 0.05) is 16.7 Å². The molecule has 0 bridgehead atoms. The number of carbonyl (C=O) groups is 2. The van der Waals surface area contributed by atoms with E-state index < -0.39 is 22.0 Å². The Morgan fingerprint density at radius 2 is 2.04 bits per heavy atom. The van der Waals surface area contributed by atoms with E-state index in [9.17, 15) is 18.0 Å². The van der Waals surface area contributed by atoms with Gasteiger partial charge in [-0.2, -0.15) is 4.31 Å². The van der Waals surface area contributed by atoms with Gasteiger partial charge in [0.25, 0.3) is 0 Å². The lowest BCUT2D eigenvalue weighted by atomic mass is 10.0. The first-order valence-electron chi connectivity index (χ1n) is 9.08. The molecule has 150 valence electrons. The molecule has 9 heteroatoms. The number of hydrogen-bond donors (Lipinski definition) is 2. The van der Waals surface area contributed by atoms with Crippen molar-refractivity contribution in [2.45, 2.75) is 45.6 Å². The molecule has 2 N–H and O–H groups in total. The summed E-state index contributed by atoms with van der Waals surface area (Å²) in [6.07, 6.45) is 2.51. The summed E-state index contributed by atoms with van der Waals surface area (Å²) in [4.78, 5) is 24.7. The Hall–Kier alpha value is -1.45. The number of carbonyl (C=O) groups excluding carboxylic acids is 2. The zero-order valence-electron chi connectivity index (χ0n) is 15.6. The van der Waals surface area contributed by atoms with Gasteiger partial charge in [-0.15, -0.1) is 0 Å². The first-order chi connectivity index (χ1) is 12.7. The van der Waals surface area contributed by atoms with E-state index in [-0.39, 0.29) is 18.2 Å². The Morgan fingerprint density at radius 3 is 2.70 bits per heavy atom. The van der Waals surface area contributed by atoms with E-state index >= 15 is 0 Å². The highest BCUT2D eigenvalue weighted by Gasteiger charge is 2.36. The van der Waals surface area contributed by atoms with Crippen LogP contribution >= 0.6 is 15.9 Å². The summed E-state index contributed by atoms with van der Waals surface area (Å²) >= 11 is 3.37. The van der Waals surface area contributed by atoms with Gasteiger partial charge in [0.05, 0.1) is 12.3 Å². The normalized spacial score (nSPS) is 18.1. The van der Waals surface area contributed by atoms with Crippen LogP contribution in [0.1, 0.15) is 38.2 Å². The maximum atomic E-state index is 12.5. The minimum Gasteiger partial charge on any atom is -0.346 e. The maximum Gasteiger partial charge on any atom is 0.243 e. The second-order valence-corrected chi connectivity index (χ2v) is 9.62. The molecule has 0 aromatic heterocycles. The van der Waals surface area contributed by atoms with Crippen molar-refractivity contribution in [2.75, 3.05) is 24.2 Å². The van der Waals surface area contributed by atoms with E-state index in [2.05, 4.69) is 26.6 Å². The quantitative estimate of drug-likeness (QED) is 0.654. The third kappa shape index (κ3) is 6.02. The summed E-state index contributed by atoms with van der Waals surface area (Å²) < 4.78 is 27.0. The predicted molar refractivity (Wildman–Crippen MR) is 109 cm³/mol. The fourth-order valence-electron chi connectivity index (χ4n) is 3.12. The number of amides is 2. The highest BCUT2D eigenvalue weighted by atomic mass is 79.9. The van der Waals surface area contributed by atoms with Gasteiger partial charge >= 0.3 is 0 Å². The standard InChI is InChI=1S/C18H26BrN3O4S/c1-3-10-27(25,26)22-9-5-4-6-16(22)18(24)20-12-17(23)21-15-8-7-14(19)11-13(15)2/h7-8,11,16H,3-6,9-10,12H2,1-2H3,(H,20,24)(H,21,23). The number of sulfonamides is 1. The van der Waals surface area contributed by atoms with Crippen LogP contribution in [0.25, 0.3) is 0 Å². The highest BCUT2D eigenvalue weighted by Crippen LogP contribution is 2.22. The molecule has 2 amide bonds. The van der Waals surface area contributed by atoms with Crippen molar-refractivity contribution in [1.29, 1.82) is 0 Å². The topological polar surface area (TPSA) is 95.6 Å². The molecule has 27 heavy (non-hydrogen) atoms. The Labute approximate surface area is 169 Å². The smallest absolute Gasteiger partial charge is 0.243 e. The van der Waals surface area contributed by atoms with E-state index in [1.54, 1.807) is 13.0 Å². The molecule has 1 aliphatic heterocycles. The molecule has 7 nitrogen and oxygen atoms in total. The van der Waals surface area contributed by atoms with Crippen molar-refractivity contribution in [2.24, 2.45) is 0 Å². The molecule has 1 aromatic rings. The Kier molecular flexibility index (Phi) is 7.81. The summed E-state index contributed by atoms with van der Waals surface area (Å²) in [5, 5.41) is 5.33. The minimum atomic E-state index is -3.46. The molecule has 0 aliphatic carbocycles. The number of halogens is 1. The van der Waals surface area contributed by atoms with Gasteiger partial charge in [0.1, 0.15) is 6.04 Å². The van der Waals surface area contributed by atoms with Crippen LogP contribution in [-0.4, -0.2) is 49.4 Å². The summed E-state index contributed by atoms with van der Waals surface area (Å²) in [6.45, 7) is 3.82. The first kappa shape index (κ1) is 21.8. The summed E-state index contributed by atoms with van der Waals surface area (Å²) in [7, 11) is -3.46. The second-order valence-electron chi connectivity index (χ2n) is 6.66. The fraction of sp³-hybridized carbons (Fsp3) is 0.556. The number of benzene rings is 1. The summed E-state index contributed by atoms with van der Waals surface area (Å²) in [5.74, 6) is -0.746. The average molecular weight is 460 g/mol. The SMILES string of the molecule is CCCS(=O)(=O)N1CCCCC1C(=O)NCC(=O)Nc1ccc(Br)cc1C. The molecule has 0 spiro atoms. The second kappa shape index (κ2) is 9.66. The Bertz CT molecular complexity index is 798. The third-order valence-electron chi connectivity index (χ3n) is 4.46. The molecule has 0 radical (unpaired) electrons. The molecule has 2 rings (SSSR count). The van der Waals surface area contributed by atoms with Gasteiger partial charge in [-0.3, -0.25) is 9.59 Å². The monoisotopic (exact) mass is 459 g/mol. The van der Waals surface area contributed by atoms with Crippen LogP contribution in [0, 0.1) is 6.92 Å². The lowest BCUT2D eigenvalue weighted by molar-refractivity contribution is -0.127. The number of hydrogen-bond acceptors (Lipinski definition) is 4. The molecular formula is C18H26BrN3O4S. The molecule has 1 heterocycles. The van der Waals surface area contributed by atoms with Gasteiger partial charge in [0.15, 0.2) is 0 Å². The number of nitrogens with one attached hydrogen (secondary N) is 2. The summed E-state index contributed by atoms with van der Waals surface area (Å²) in [6, 6.07) is 4.74. The molecule has 1 aliphatic rings. The van der Waals surface area contributed by atoms with Gasteiger partial charge in [-0.25, -0.2) is 8.42 Å². The van der Waals surface area contributed by atoms with E-state index in [0.717, 1.165) is 22.9 Å². The fourth-order valence-corrected chi connectivity index (χ4v) is 5.34. The van der Waals surface area contributed by atoms with Gasteiger partial charge < -0.3 is 10.6 Å². The molecular weight excluding hydrogens is 434 g/mol. The third-order valence-corrected chi connectivity index (χ3v) is 7.03. The maximum absolute atomic E-state index is 12.5. The average Bonchev–Trinajstić information content (AvgIpc) is 2.62. The number of anilines is 1. The molecule has 1 atom stereocenters. The van der Waals surface area contributed by atoms with Crippen molar-refractivity contribution < 1.29 is 18.0 Å². The Morgan fingerprint density at radius 1 is 1.30 bits per heavy atom. The molecule has 1 unspecified atom stereocenters. The number of nitrogens with zero attached hydrogens (tertiary/aromatic N) is 1. The zero-order chi connectivity index (χ0) is 20.0. The molecule has 0 saturated carbocycles. The van der Waals surface area contributed by atoms with Crippen molar-refractivity contribution >= 4 is 43.5 Å². The van der Waals surface area contributed by atoms with Crippen LogP contribution in [0.4, 0.5) is 5.69 Å². The van der Waals surface area contributed by atoms with Crippen LogP contribution in [0.5, 0.6) is 0 Å². The van der Waals surface area contributed by atoms with Gasteiger partial charge in [-0.05, 0) is 49.9 Å². The molecule has 1 aromatic carbocycles. The van der Waals surface area contributed by atoms with Crippen LogP contribution in [0.3, 0.4) is 0 Å². The van der Waals surface area contributed by atoms with Crippen molar-refractivity contribution in [3.8, 4) is 0 Å². The van der Waals surface area contributed by atoms with Gasteiger partial charge in [0.2, 0.25) is 21.8 Å². The number of aryl methyl sites for hydroxylation is 1. The summed E-state index contributed by atoms with van der Waals surface area (Å²) in [5.41, 5.74) is 1.57. The zero-order valence-corrected chi connectivity index (χ0v) is 18.0. The number of piperidine rings is 1. The molecule has 1 fully saturated rings.